The van der Waals surface area contributed by atoms with Crippen molar-refractivity contribution in [3.63, 3.8) is 0 Å². The number of hydrogen-bond donors (Lipinski definition) is 2. The Bertz CT molecular complexity index is 1660. The van der Waals surface area contributed by atoms with Gasteiger partial charge in [0.1, 0.15) is 22.4 Å². The third kappa shape index (κ3) is 8.47. The first-order valence-electron chi connectivity index (χ1n) is 15.0. The molecule has 0 aliphatic carbocycles. The zero-order valence-corrected chi connectivity index (χ0v) is 27.7. The van der Waals surface area contributed by atoms with Crippen molar-refractivity contribution in [2.24, 2.45) is 0 Å². The van der Waals surface area contributed by atoms with E-state index >= 15 is 0 Å². The maximum atomic E-state index is 13.5. The van der Waals surface area contributed by atoms with Crippen molar-refractivity contribution in [2.45, 2.75) is 26.2 Å². The van der Waals surface area contributed by atoms with Gasteiger partial charge < -0.3 is 19.9 Å². The fourth-order valence-corrected chi connectivity index (χ4v) is 6.78. The fourth-order valence-electron chi connectivity index (χ4n) is 5.20. The first kappa shape index (κ1) is 33.5. The predicted octanol–water partition coefficient (Wildman–Crippen LogP) is 6.81. The highest BCUT2D eigenvalue weighted by atomic mass is 35.5. The number of nitrogens with one attached hydrogen (secondary N) is 1. The standard InChI is InChI=1S/C34H34ClN3O6S2/c1-2-43-26-10-11-27(28(35)21-26)23-7-12-29(44-18-17-37-14-3-4-15-37)24(19-23)20-30-32(40)38(34(45)46-30)16-13-31(39)36-25-8-5-22(6-9-25)33(41)42/h5-12,19-21H,2-4,13-18H2,1H3,(H,36,39)(H,41,42). The molecule has 0 radical (unpaired) electrons. The van der Waals surface area contributed by atoms with Crippen LogP contribution in [0.2, 0.25) is 5.02 Å². The monoisotopic (exact) mass is 679 g/mol. The number of carbonyl (C=O) groups excluding carboxylic acids is 2. The maximum absolute atomic E-state index is 13.5. The number of thiocarbonyl (C=S) groups is 1. The minimum Gasteiger partial charge on any atom is -0.494 e. The van der Waals surface area contributed by atoms with Crippen LogP contribution in [0.3, 0.4) is 0 Å². The Balaban J connectivity index is 1.31. The molecule has 2 saturated heterocycles. The van der Waals surface area contributed by atoms with Gasteiger partial charge in [-0.3, -0.25) is 19.4 Å². The number of amides is 2. The lowest BCUT2D eigenvalue weighted by atomic mass is 10.0. The van der Waals surface area contributed by atoms with Crippen LogP contribution < -0.4 is 14.8 Å². The third-order valence-corrected chi connectivity index (χ3v) is 9.26. The number of carbonyl (C=O) groups is 3. The molecule has 0 atom stereocenters. The lowest BCUT2D eigenvalue weighted by Gasteiger charge is -2.17. The van der Waals surface area contributed by atoms with Gasteiger partial charge in [-0.1, -0.05) is 41.6 Å². The van der Waals surface area contributed by atoms with Crippen molar-refractivity contribution >= 4 is 69.4 Å². The van der Waals surface area contributed by atoms with Crippen molar-refractivity contribution in [1.29, 1.82) is 0 Å². The van der Waals surface area contributed by atoms with E-state index in [4.69, 9.17) is 38.4 Å². The smallest absolute Gasteiger partial charge is 0.335 e. The Morgan fingerprint density at radius 2 is 1.80 bits per heavy atom. The molecule has 46 heavy (non-hydrogen) atoms. The van der Waals surface area contributed by atoms with Crippen molar-refractivity contribution in [3.8, 4) is 22.6 Å². The van der Waals surface area contributed by atoms with Gasteiger partial charge in [-0.2, -0.15) is 0 Å². The molecule has 2 amide bonds. The van der Waals surface area contributed by atoms with Gasteiger partial charge in [0.2, 0.25) is 5.91 Å². The number of thioether (sulfide) groups is 1. The predicted molar refractivity (Wildman–Crippen MR) is 186 cm³/mol. The van der Waals surface area contributed by atoms with Crippen LogP contribution in [0.25, 0.3) is 17.2 Å². The molecular formula is C34H34ClN3O6S2. The molecule has 12 heteroatoms. The summed E-state index contributed by atoms with van der Waals surface area (Å²) in [4.78, 5) is 41.4. The van der Waals surface area contributed by atoms with Gasteiger partial charge in [-0.15, -0.1) is 0 Å². The van der Waals surface area contributed by atoms with Crippen LogP contribution in [0.1, 0.15) is 42.1 Å². The summed E-state index contributed by atoms with van der Waals surface area (Å²) >= 11 is 13.3. The Kier molecular flexibility index (Phi) is 11.3. The molecule has 3 aromatic carbocycles. The molecule has 0 bridgehead atoms. The van der Waals surface area contributed by atoms with Crippen molar-refractivity contribution < 1.29 is 29.0 Å². The first-order chi connectivity index (χ1) is 22.2. The Morgan fingerprint density at radius 3 is 2.50 bits per heavy atom. The molecule has 3 aromatic rings. The van der Waals surface area contributed by atoms with Gasteiger partial charge in [0.05, 0.1) is 22.1 Å². The highest BCUT2D eigenvalue weighted by Gasteiger charge is 2.32. The SMILES string of the molecule is CCOc1ccc(-c2ccc(OCCN3CCCC3)c(C=C3SC(=S)N(CCC(=O)Nc4ccc(C(=O)O)cc4)C3=O)c2)c(Cl)c1. The number of anilines is 1. The van der Waals surface area contributed by atoms with Crippen LogP contribution in [-0.4, -0.2) is 76.4 Å². The number of carboxylic acids is 1. The number of carboxylic acid groups (broad SMARTS) is 1. The number of likely N-dealkylation sites (tertiary alicyclic amines) is 1. The fraction of sp³-hybridized carbons (Fsp3) is 0.294. The Morgan fingerprint density at radius 1 is 1.04 bits per heavy atom. The van der Waals surface area contributed by atoms with Crippen molar-refractivity contribution in [3.05, 3.63) is 81.7 Å². The molecule has 0 unspecified atom stereocenters. The number of nitrogens with zero attached hydrogens (tertiary/aromatic N) is 2. The second-order valence-electron chi connectivity index (χ2n) is 10.7. The minimum atomic E-state index is -1.05. The molecule has 2 heterocycles. The average molecular weight is 680 g/mol. The molecule has 0 aromatic heterocycles. The summed E-state index contributed by atoms with van der Waals surface area (Å²) in [5.74, 6) is -0.334. The van der Waals surface area contributed by atoms with Crippen LogP contribution in [0.5, 0.6) is 11.5 Å². The first-order valence-corrected chi connectivity index (χ1v) is 16.6. The molecule has 2 aliphatic rings. The maximum Gasteiger partial charge on any atom is 0.335 e. The van der Waals surface area contributed by atoms with Gasteiger partial charge in [0.15, 0.2) is 0 Å². The quantitative estimate of drug-likeness (QED) is 0.149. The third-order valence-electron chi connectivity index (χ3n) is 7.57. The molecular weight excluding hydrogens is 646 g/mol. The van der Waals surface area contributed by atoms with Crippen LogP contribution in [0.15, 0.2) is 65.6 Å². The van der Waals surface area contributed by atoms with E-state index in [2.05, 4.69) is 10.2 Å². The van der Waals surface area contributed by atoms with Gasteiger partial charge >= 0.3 is 5.97 Å². The van der Waals surface area contributed by atoms with Gasteiger partial charge in [-0.05, 0) is 99.1 Å². The van der Waals surface area contributed by atoms with E-state index in [9.17, 15) is 14.4 Å². The van der Waals surface area contributed by atoms with Gasteiger partial charge in [-0.25, -0.2) is 4.79 Å². The van der Waals surface area contributed by atoms with Gasteiger partial charge in [0.25, 0.3) is 5.91 Å². The van der Waals surface area contributed by atoms with E-state index in [-0.39, 0.29) is 30.3 Å². The van der Waals surface area contributed by atoms with E-state index in [0.29, 0.717) is 50.2 Å². The number of ether oxygens (including phenoxy) is 2. The zero-order chi connectivity index (χ0) is 32.6. The van der Waals surface area contributed by atoms with Crippen molar-refractivity contribution in [2.75, 3.05) is 44.7 Å². The molecule has 2 N–H and O–H groups in total. The summed E-state index contributed by atoms with van der Waals surface area (Å²) in [5, 5.41) is 12.3. The molecule has 5 rings (SSSR count). The van der Waals surface area contributed by atoms with Crippen molar-refractivity contribution in [1.82, 2.24) is 9.80 Å². The molecule has 2 aliphatic heterocycles. The number of hydrogen-bond acceptors (Lipinski definition) is 8. The molecule has 2 fully saturated rings. The number of halogens is 1. The van der Waals surface area contributed by atoms with E-state index in [0.717, 1.165) is 30.8 Å². The Labute approximate surface area is 282 Å². The molecule has 0 saturated carbocycles. The number of rotatable bonds is 13. The average Bonchev–Trinajstić information content (AvgIpc) is 3.64. The van der Waals surface area contributed by atoms with E-state index in [1.54, 1.807) is 12.1 Å². The molecule has 9 nitrogen and oxygen atoms in total. The minimum absolute atomic E-state index is 0.0109. The van der Waals surface area contributed by atoms with E-state index in [1.165, 1.54) is 53.8 Å². The van der Waals surface area contributed by atoms with Gasteiger partial charge in [0, 0.05) is 36.3 Å². The van der Waals surface area contributed by atoms with Crippen LogP contribution in [0, 0.1) is 0 Å². The molecule has 240 valence electrons. The number of aromatic carboxylic acids is 1. The largest absolute Gasteiger partial charge is 0.494 e. The zero-order valence-electron chi connectivity index (χ0n) is 25.3. The van der Waals surface area contributed by atoms with Crippen LogP contribution in [0.4, 0.5) is 5.69 Å². The second kappa shape index (κ2) is 15.6. The second-order valence-corrected chi connectivity index (χ2v) is 12.8. The molecule has 0 spiro atoms. The lowest BCUT2D eigenvalue weighted by Crippen LogP contribution is -2.31. The number of benzene rings is 3. The lowest BCUT2D eigenvalue weighted by molar-refractivity contribution is -0.122. The van der Waals surface area contributed by atoms with E-state index < -0.39 is 5.97 Å². The highest BCUT2D eigenvalue weighted by Crippen LogP contribution is 2.38. The highest BCUT2D eigenvalue weighted by molar-refractivity contribution is 8.26. The summed E-state index contributed by atoms with van der Waals surface area (Å²) in [6, 6.07) is 17.2. The van der Waals surface area contributed by atoms with Crippen LogP contribution >= 0.6 is 35.6 Å². The van der Waals surface area contributed by atoms with Crippen LogP contribution in [-0.2, 0) is 9.59 Å². The normalized spacial score (nSPS) is 15.9. The summed E-state index contributed by atoms with van der Waals surface area (Å²) in [6.07, 6.45) is 4.19. The summed E-state index contributed by atoms with van der Waals surface area (Å²) in [6.45, 7) is 6.03. The summed E-state index contributed by atoms with van der Waals surface area (Å²) < 4.78 is 12.2. The Hall–Kier alpha value is -3.90. The summed E-state index contributed by atoms with van der Waals surface area (Å²) in [7, 11) is 0. The topological polar surface area (TPSA) is 108 Å². The van der Waals surface area contributed by atoms with E-state index in [1.807, 2.05) is 37.3 Å². The summed E-state index contributed by atoms with van der Waals surface area (Å²) in [5.41, 5.74) is 2.97.